The molecule has 1 aromatic heterocycles. The molecule has 1 amide bonds. The lowest BCUT2D eigenvalue weighted by Gasteiger charge is -2.14. The van der Waals surface area contributed by atoms with E-state index in [2.05, 4.69) is 24.1 Å². The number of nitrogens with zero attached hydrogens (tertiary/aromatic N) is 2. The number of hydrogen-bond acceptors (Lipinski definition) is 5. The Morgan fingerprint density at radius 2 is 1.80 bits per heavy atom. The zero-order chi connectivity index (χ0) is 21.7. The molecule has 1 heterocycles. The van der Waals surface area contributed by atoms with Crippen LogP contribution in [0.1, 0.15) is 37.6 Å². The topological polar surface area (TPSA) is 81.1 Å². The van der Waals surface area contributed by atoms with Gasteiger partial charge in [-0.15, -0.1) is 0 Å². The van der Waals surface area contributed by atoms with Gasteiger partial charge >= 0.3 is 0 Å². The Kier molecular flexibility index (Phi) is 7.05. The molecule has 0 aliphatic heterocycles. The molecule has 0 fully saturated rings. The lowest BCUT2D eigenvalue weighted by molar-refractivity contribution is -0.114. The standard InChI is InChI=1S/C23H25N3O3S/c1-15(2)12-13-26-22(29)19-6-4-5-7-20(19)25-23(26)30-14-21(28)17-8-10-18(11-9-17)24-16(3)27/h4-11,15H,12-14H2,1-3H3,(H,24,27). The van der Waals surface area contributed by atoms with Gasteiger partial charge in [-0.05, 0) is 48.7 Å². The highest BCUT2D eigenvalue weighted by atomic mass is 32.2. The summed E-state index contributed by atoms with van der Waals surface area (Å²) >= 11 is 1.28. The van der Waals surface area contributed by atoms with Crippen LogP contribution in [0, 0.1) is 5.92 Å². The Morgan fingerprint density at radius 3 is 2.47 bits per heavy atom. The van der Waals surface area contributed by atoms with Crippen molar-refractivity contribution in [1.29, 1.82) is 0 Å². The van der Waals surface area contributed by atoms with Crippen molar-refractivity contribution in [1.82, 2.24) is 9.55 Å². The highest BCUT2D eigenvalue weighted by Gasteiger charge is 2.14. The molecule has 3 aromatic rings. The van der Waals surface area contributed by atoms with Gasteiger partial charge in [0.15, 0.2) is 10.9 Å². The fraction of sp³-hybridized carbons (Fsp3) is 0.304. The third-order valence-electron chi connectivity index (χ3n) is 4.62. The van der Waals surface area contributed by atoms with Crippen LogP contribution in [0.2, 0.25) is 0 Å². The second-order valence-electron chi connectivity index (χ2n) is 7.52. The van der Waals surface area contributed by atoms with Crippen LogP contribution in [0.3, 0.4) is 0 Å². The monoisotopic (exact) mass is 423 g/mol. The Morgan fingerprint density at radius 1 is 1.10 bits per heavy atom. The van der Waals surface area contributed by atoms with Crippen molar-refractivity contribution in [2.24, 2.45) is 5.92 Å². The highest BCUT2D eigenvalue weighted by molar-refractivity contribution is 7.99. The lowest BCUT2D eigenvalue weighted by Crippen LogP contribution is -2.24. The summed E-state index contributed by atoms with van der Waals surface area (Å²) in [6.45, 7) is 6.22. The number of nitrogens with one attached hydrogen (secondary N) is 1. The molecule has 0 spiro atoms. The molecule has 156 valence electrons. The number of amides is 1. The predicted octanol–water partition coefficient (Wildman–Crippen LogP) is 4.38. The molecule has 6 nitrogen and oxygen atoms in total. The second-order valence-corrected chi connectivity index (χ2v) is 8.46. The number of carbonyl (C=O) groups excluding carboxylic acids is 2. The van der Waals surface area contributed by atoms with Crippen LogP contribution in [-0.2, 0) is 11.3 Å². The summed E-state index contributed by atoms with van der Waals surface area (Å²) in [5, 5.41) is 3.83. The van der Waals surface area contributed by atoms with Gasteiger partial charge in [0.25, 0.3) is 5.56 Å². The van der Waals surface area contributed by atoms with Gasteiger partial charge in [0.2, 0.25) is 5.91 Å². The smallest absolute Gasteiger partial charge is 0.262 e. The predicted molar refractivity (Wildman–Crippen MR) is 121 cm³/mol. The number of para-hydroxylation sites is 1. The molecule has 2 aromatic carbocycles. The molecule has 0 saturated carbocycles. The number of thioether (sulfide) groups is 1. The van der Waals surface area contributed by atoms with Gasteiger partial charge in [0, 0.05) is 24.7 Å². The first kappa shape index (κ1) is 21.8. The summed E-state index contributed by atoms with van der Waals surface area (Å²) in [4.78, 5) is 41.4. The van der Waals surface area contributed by atoms with Crippen LogP contribution in [0.25, 0.3) is 10.9 Å². The van der Waals surface area contributed by atoms with E-state index in [1.54, 1.807) is 34.9 Å². The summed E-state index contributed by atoms with van der Waals surface area (Å²) in [5.74, 6) is 0.398. The Bertz CT molecular complexity index is 1120. The average Bonchev–Trinajstić information content (AvgIpc) is 2.71. The zero-order valence-electron chi connectivity index (χ0n) is 17.3. The Labute approximate surface area is 179 Å². The minimum Gasteiger partial charge on any atom is -0.326 e. The van der Waals surface area contributed by atoms with E-state index in [9.17, 15) is 14.4 Å². The van der Waals surface area contributed by atoms with Gasteiger partial charge in [0.1, 0.15) is 0 Å². The van der Waals surface area contributed by atoms with Crippen LogP contribution in [-0.4, -0.2) is 27.0 Å². The number of aromatic nitrogens is 2. The number of hydrogen-bond donors (Lipinski definition) is 1. The largest absolute Gasteiger partial charge is 0.326 e. The van der Waals surface area contributed by atoms with Gasteiger partial charge in [-0.2, -0.15) is 0 Å². The van der Waals surface area contributed by atoms with Crippen LogP contribution >= 0.6 is 11.8 Å². The van der Waals surface area contributed by atoms with Crippen LogP contribution in [0.4, 0.5) is 5.69 Å². The maximum absolute atomic E-state index is 13.0. The lowest BCUT2D eigenvalue weighted by atomic mass is 10.1. The van der Waals surface area contributed by atoms with Crippen LogP contribution < -0.4 is 10.9 Å². The molecule has 0 atom stereocenters. The quantitative estimate of drug-likeness (QED) is 0.330. The Balaban J connectivity index is 1.81. The SMILES string of the molecule is CC(=O)Nc1ccc(C(=O)CSc2nc3ccccc3c(=O)n2CCC(C)C)cc1. The number of benzene rings is 2. The maximum Gasteiger partial charge on any atom is 0.262 e. The van der Waals surface area contributed by atoms with Crippen molar-refractivity contribution in [2.75, 3.05) is 11.1 Å². The van der Waals surface area contributed by atoms with E-state index < -0.39 is 0 Å². The van der Waals surface area contributed by atoms with Crippen molar-refractivity contribution < 1.29 is 9.59 Å². The van der Waals surface area contributed by atoms with E-state index in [1.165, 1.54) is 18.7 Å². The van der Waals surface area contributed by atoms with Crippen LogP contribution in [0.5, 0.6) is 0 Å². The minimum absolute atomic E-state index is 0.0628. The van der Waals surface area contributed by atoms with E-state index in [0.717, 1.165) is 6.42 Å². The maximum atomic E-state index is 13.0. The van der Waals surface area contributed by atoms with E-state index in [-0.39, 0.29) is 23.0 Å². The fourth-order valence-electron chi connectivity index (χ4n) is 3.00. The molecule has 0 aliphatic rings. The molecule has 0 radical (unpaired) electrons. The first-order chi connectivity index (χ1) is 14.3. The fourth-order valence-corrected chi connectivity index (χ4v) is 3.92. The van der Waals surface area contributed by atoms with E-state index in [1.807, 2.05) is 18.2 Å². The Hall–Kier alpha value is -2.93. The molecule has 0 aliphatic carbocycles. The molecule has 30 heavy (non-hydrogen) atoms. The summed E-state index contributed by atoms with van der Waals surface area (Å²) in [6.07, 6.45) is 0.853. The van der Waals surface area contributed by atoms with Gasteiger partial charge in [-0.1, -0.05) is 37.7 Å². The molecular formula is C23H25N3O3S. The third-order valence-corrected chi connectivity index (χ3v) is 5.59. The molecule has 1 N–H and O–H groups in total. The van der Waals surface area contributed by atoms with Gasteiger partial charge in [-0.25, -0.2) is 4.98 Å². The number of rotatable bonds is 8. The molecule has 0 unspecified atom stereocenters. The third kappa shape index (κ3) is 5.36. The average molecular weight is 424 g/mol. The first-order valence-corrected chi connectivity index (χ1v) is 10.9. The number of carbonyl (C=O) groups is 2. The summed E-state index contributed by atoms with van der Waals surface area (Å²) < 4.78 is 1.68. The van der Waals surface area contributed by atoms with Crippen molar-refractivity contribution >= 4 is 40.0 Å². The van der Waals surface area contributed by atoms with Gasteiger partial charge in [0.05, 0.1) is 16.7 Å². The second kappa shape index (κ2) is 9.71. The minimum atomic E-state index is -0.161. The van der Waals surface area contributed by atoms with Crippen molar-refractivity contribution in [2.45, 2.75) is 38.9 Å². The highest BCUT2D eigenvalue weighted by Crippen LogP contribution is 2.21. The van der Waals surface area contributed by atoms with Gasteiger partial charge < -0.3 is 5.32 Å². The van der Waals surface area contributed by atoms with Gasteiger partial charge in [-0.3, -0.25) is 19.0 Å². The van der Waals surface area contributed by atoms with E-state index >= 15 is 0 Å². The zero-order valence-corrected chi connectivity index (χ0v) is 18.2. The molecular weight excluding hydrogens is 398 g/mol. The summed E-state index contributed by atoms with van der Waals surface area (Å²) in [5.41, 5.74) is 1.76. The normalized spacial score (nSPS) is 11.1. The molecule has 0 bridgehead atoms. The molecule has 3 rings (SSSR count). The van der Waals surface area contributed by atoms with Crippen LogP contribution in [0.15, 0.2) is 58.5 Å². The van der Waals surface area contributed by atoms with Crippen molar-refractivity contribution in [3.8, 4) is 0 Å². The molecule has 0 saturated heterocycles. The van der Waals surface area contributed by atoms with E-state index in [0.29, 0.717) is 39.8 Å². The number of Topliss-reactive ketones (excluding diaryl/α,β-unsaturated/α-hetero) is 1. The summed E-state index contributed by atoms with van der Waals surface area (Å²) in [6, 6.07) is 14.1. The van der Waals surface area contributed by atoms with E-state index in [4.69, 9.17) is 0 Å². The molecule has 7 heteroatoms. The number of ketones is 1. The summed E-state index contributed by atoms with van der Waals surface area (Å²) in [7, 11) is 0. The number of fused-ring (bicyclic) bond motifs is 1. The van der Waals surface area contributed by atoms with Crippen molar-refractivity contribution in [3.05, 3.63) is 64.4 Å². The van der Waals surface area contributed by atoms with Crippen molar-refractivity contribution in [3.63, 3.8) is 0 Å². The number of anilines is 1. The first-order valence-electron chi connectivity index (χ1n) is 9.88.